The van der Waals surface area contributed by atoms with Crippen LogP contribution in [0.25, 0.3) is 22.4 Å². The third kappa shape index (κ3) is 3.26. The maximum Gasteiger partial charge on any atom is 0.259 e. The number of aryl methyl sites for hydroxylation is 3. The Hall–Kier alpha value is -3.48. The number of benzene rings is 1. The van der Waals surface area contributed by atoms with Crippen molar-refractivity contribution in [3.8, 4) is 11.3 Å². The van der Waals surface area contributed by atoms with Gasteiger partial charge in [0.25, 0.3) is 11.6 Å². The molecule has 0 radical (unpaired) electrons. The lowest BCUT2D eigenvalue weighted by Crippen LogP contribution is -2.26. The summed E-state index contributed by atoms with van der Waals surface area (Å²) < 4.78 is 7.10. The summed E-state index contributed by atoms with van der Waals surface area (Å²) in [7, 11) is 3.63. The molecule has 0 N–H and O–H groups in total. The van der Waals surface area contributed by atoms with E-state index in [2.05, 4.69) is 15.2 Å². The Bertz CT molecular complexity index is 1160. The SMILES string of the molecule is Cc1ccc(-c2cc(C(=O)N(C)Cc3cnn(C)c3)c3c(C)noc3n2)cc1. The highest BCUT2D eigenvalue weighted by Crippen LogP contribution is 2.28. The maximum atomic E-state index is 13.3. The van der Waals surface area contributed by atoms with Crippen molar-refractivity contribution in [1.82, 2.24) is 24.8 Å². The van der Waals surface area contributed by atoms with Crippen LogP contribution in [0.3, 0.4) is 0 Å². The van der Waals surface area contributed by atoms with Crippen molar-refractivity contribution in [1.29, 1.82) is 0 Å². The van der Waals surface area contributed by atoms with Gasteiger partial charge in [0.15, 0.2) is 0 Å². The normalized spacial score (nSPS) is 11.1. The van der Waals surface area contributed by atoms with Gasteiger partial charge in [0.2, 0.25) is 0 Å². The molecule has 28 heavy (non-hydrogen) atoms. The van der Waals surface area contributed by atoms with Crippen LogP contribution in [0, 0.1) is 13.8 Å². The minimum absolute atomic E-state index is 0.115. The summed E-state index contributed by atoms with van der Waals surface area (Å²) >= 11 is 0. The van der Waals surface area contributed by atoms with E-state index in [1.807, 2.05) is 57.4 Å². The lowest BCUT2D eigenvalue weighted by atomic mass is 10.0. The molecule has 0 aliphatic rings. The number of amides is 1. The second-order valence-electron chi connectivity index (χ2n) is 7.05. The number of pyridine rings is 1. The van der Waals surface area contributed by atoms with Gasteiger partial charge in [-0.15, -0.1) is 0 Å². The van der Waals surface area contributed by atoms with Crippen LogP contribution >= 0.6 is 0 Å². The van der Waals surface area contributed by atoms with E-state index in [9.17, 15) is 4.79 Å². The standard InChI is InChI=1S/C21H21N5O2/c1-13-5-7-16(8-6-13)18-9-17(19-14(2)24-28-20(19)23-18)21(27)25(3)11-15-10-22-26(4)12-15/h5-10,12H,11H2,1-4H3. The predicted molar refractivity (Wildman–Crippen MR) is 106 cm³/mol. The zero-order valence-corrected chi connectivity index (χ0v) is 16.3. The lowest BCUT2D eigenvalue weighted by Gasteiger charge is -2.17. The highest BCUT2D eigenvalue weighted by Gasteiger charge is 2.22. The van der Waals surface area contributed by atoms with Crippen molar-refractivity contribution in [2.45, 2.75) is 20.4 Å². The predicted octanol–water partition coefficient (Wildman–Crippen LogP) is 3.51. The number of aromatic nitrogens is 4. The Kier molecular flexibility index (Phi) is 4.43. The summed E-state index contributed by atoms with van der Waals surface area (Å²) in [5, 5.41) is 8.83. The highest BCUT2D eigenvalue weighted by atomic mass is 16.5. The molecule has 0 spiro atoms. The van der Waals surface area contributed by atoms with Crippen molar-refractivity contribution in [3.63, 3.8) is 0 Å². The van der Waals surface area contributed by atoms with Crippen LogP contribution in [0.4, 0.5) is 0 Å². The first-order chi connectivity index (χ1) is 13.4. The van der Waals surface area contributed by atoms with Gasteiger partial charge in [-0.2, -0.15) is 5.10 Å². The highest BCUT2D eigenvalue weighted by molar-refractivity contribution is 6.06. The fourth-order valence-electron chi connectivity index (χ4n) is 3.24. The van der Waals surface area contributed by atoms with Crippen LogP contribution in [0.1, 0.15) is 27.2 Å². The molecule has 1 amide bonds. The van der Waals surface area contributed by atoms with E-state index in [-0.39, 0.29) is 5.91 Å². The van der Waals surface area contributed by atoms with Crippen molar-refractivity contribution in [3.05, 3.63) is 65.1 Å². The molecule has 0 saturated heterocycles. The first kappa shape index (κ1) is 17.9. The van der Waals surface area contributed by atoms with Crippen LogP contribution in [0.2, 0.25) is 0 Å². The largest absolute Gasteiger partial charge is 0.337 e. The van der Waals surface area contributed by atoms with Gasteiger partial charge in [0.05, 0.1) is 28.5 Å². The van der Waals surface area contributed by atoms with Crippen LogP contribution in [-0.4, -0.2) is 37.8 Å². The summed E-state index contributed by atoms with van der Waals surface area (Å²) in [5.74, 6) is -0.115. The zero-order chi connectivity index (χ0) is 19.8. The van der Waals surface area contributed by atoms with Gasteiger partial charge < -0.3 is 9.42 Å². The second-order valence-corrected chi connectivity index (χ2v) is 7.05. The fourth-order valence-corrected chi connectivity index (χ4v) is 3.24. The van der Waals surface area contributed by atoms with E-state index >= 15 is 0 Å². The number of hydrogen-bond acceptors (Lipinski definition) is 5. The molecule has 3 aromatic heterocycles. The summed E-state index contributed by atoms with van der Waals surface area (Å²) in [4.78, 5) is 19.5. The molecule has 0 aliphatic carbocycles. The average molecular weight is 375 g/mol. The molecule has 0 unspecified atom stereocenters. The third-order valence-electron chi connectivity index (χ3n) is 4.72. The van der Waals surface area contributed by atoms with E-state index in [1.165, 1.54) is 0 Å². The van der Waals surface area contributed by atoms with Gasteiger partial charge in [0, 0.05) is 38.0 Å². The molecular weight excluding hydrogens is 354 g/mol. The molecule has 4 aromatic rings. The van der Waals surface area contributed by atoms with Gasteiger partial charge in [0.1, 0.15) is 0 Å². The van der Waals surface area contributed by atoms with Crippen molar-refractivity contribution in [2.75, 3.05) is 7.05 Å². The van der Waals surface area contributed by atoms with Gasteiger partial charge >= 0.3 is 0 Å². The molecule has 4 rings (SSSR count). The topological polar surface area (TPSA) is 77.0 Å². The Morgan fingerprint density at radius 3 is 2.64 bits per heavy atom. The number of carbonyl (C=O) groups is 1. The third-order valence-corrected chi connectivity index (χ3v) is 4.72. The van der Waals surface area contributed by atoms with Crippen LogP contribution in [0.5, 0.6) is 0 Å². The van der Waals surface area contributed by atoms with E-state index < -0.39 is 0 Å². The second kappa shape index (κ2) is 6.92. The van der Waals surface area contributed by atoms with Gasteiger partial charge in [-0.3, -0.25) is 9.48 Å². The molecule has 7 heteroatoms. The maximum absolute atomic E-state index is 13.3. The Balaban J connectivity index is 1.76. The first-order valence-electron chi connectivity index (χ1n) is 8.99. The van der Waals surface area contributed by atoms with Gasteiger partial charge in [-0.1, -0.05) is 35.0 Å². The molecule has 3 heterocycles. The molecule has 0 fully saturated rings. The molecule has 142 valence electrons. The Labute approximate surface area is 162 Å². The number of carbonyl (C=O) groups excluding carboxylic acids is 1. The van der Waals surface area contributed by atoms with Gasteiger partial charge in [-0.05, 0) is 19.9 Å². The number of nitrogens with zero attached hydrogens (tertiary/aromatic N) is 5. The number of hydrogen-bond donors (Lipinski definition) is 0. The number of fused-ring (bicyclic) bond motifs is 1. The molecular formula is C21H21N5O2. The van der Waals surface area contributed by atoms with Crippen molar-refractivity contribution < 1.29 is 9.32 Å². The minimum atomic E-state index is -0.115. The lowest BCUT2D eigenvalue weighted by molar-refractivity contribution is 0.0787. The zero-order valence-electron chi connectivity index (χ0n) is 16.3. The van der Waals surface area contributed by atoms with Crippen LogP contribution in [-0.2, 0) is 13.6 Å². The van der Waals surface area contributed by atoms with Crippen LogP contribution < -0.4 is 0 Å². The quantitative estimate of drug-likeness (QED) is 0.545. The summed E-state index contributed by atoms with van der Waals surface area (Å²) in [6.07, 6.45) is 3.66. The van der Waals surface area contributed by atoms with Crippen molar-refractivity contribution in [2.24, 2.45) is 7.05 Å². The number of rotatable bonds is 4. The Morgan fingerprint density at radius 1 is 1.21 bits per heavy atom. The fraction of sp³-hybridized carbons (Fsp3) is 0.238. The van der Waals surface area contributed by atoms with E-state index in [0.29, 0.717) is 34.6 Å². The molecule has 1 aromatic carbocycles. The van der Waals surface area contributed by atoms with Crippen molar-refractivity contribution >= 4 is 17.0 Å². The molecule has 7 nitrogen and oxygen atoms in total. The molecule has 0 atom stereocenters. The summed E-state index contributed by atoms with van der Waals surface area (Å²) in [6.45, 7) is 4.31. The van der Waals surface area contributed by atoms with Gasteiger partial charge in [-0.25, -0.2) is 4.98 Å². The van der Waals surface area contributed by atoms with E-state index in [4.69, 9.17) is 4.52 Å². The molecule has 0 saturated carbocycles. The Morgan fingerprint density at radius 2 is 1.96 bits per heavy atom. The smallest absolute Gasteiger partial charge is 0.259 e. The van der Waals surface area contributed by atoms with E-state index in [1.54, 1.807) is 22.8 Å². The first-order valence-corrected chi connectivity index (χ1v) is 8.99. The van der Waals surface area contributed by atoms with E-state index in [0.717, 1.165) is 16.7 Å². The minimum Gasteiger partial charge on any atom is -0.337 e. The monoisotopic (exact) mass is 375 g/mol. The average Bonchev–Trinajstić information content (AvgIpc) is 3.26. The van der Waals surface area contributed by atoms with Crippen LogP contribution in [0.15, 0.2) is 47.2 Å². The molecule has 0 aliphatic heterocycles. The summed E-state index contributed by atoms with van der Waals surface area (Å²) in [5.41, 5.74) is 5.28. The summed E-state index contributed by atoms with van der Waals surface area (Å²) in [6, 6.07) is 9.83. The molecule has 0 bridgehead atoms.